The number of benzene rings is 2. The molecule has 3 aliphatic heterocycles. The molecule has 39 heavy (non-hydrogen) atoms. The Labute approximate surface area is 222 Å². The van der Waals surface area contributed by atoms with E-state index in [2.05, 4.69) is 0 Å². The van der Waals surface area contributed by atoms with E-state index in [1.807, 2.05) is 0 Å². The Bertz CT molecular complexity index is 1170. The highest BCUT2D eigenvalue weighted by atomic mass is 16.8. The summed E-state index contributed by atoms with van der Waals surface area (Å²) in [6, 6.07) is 10.7. The number of aliphatic hydroxyl groups is 6. The molecule has 0 aliphatic carbocycles. The summed E-state index contributed by atoms with van der Waals surface area (Å²) < 4.78 is 28.3. The van der Waals surface area contributed by atoms with Crippen molar-refractivity contribution in [2.45, 2.75) is 61.2 Å². The SMILES string of the molecule is O=C1C[C@H](c2ccc(O[C@@H]3O[C@@H](CO)[C@H](O)[C@@H](O)[C@H]3O[C@@H]3OC[C@](O)(CO)[C@H]3O)cc2)Oc2cc(O)ccc21. The highest BCUT2D eigenvalue weighted by Crippen LogP contribution is 2.38. The smallest absolute Gasteiger partial charge is 0.229 e. The highest BCUT2D eigenvalue weighted by Gasteiger charge is 2.53. The van der Waals surface area contributed by atoms with Gasteiger partial charge in [-0.05, 0) is 29.8 Å². The summed E-state index contributed by atoms with van der Waals surface area (Å²) in [6.45, 7) is -1.88. The first kappa shape index (κ1) is 27.7. The maximum atomic E-state index is 12.5. The van der Waals surface area contributed by atoms with Gasteiger partial charge in [0.1, 0.15) is 53.4 Å². The zero-order valence-electron chi connectivity index (χ0n) is 20.6. The molecular formula is C26H30O13. The highest BCUT2D eigenvalue weighted by molar-refractivity contribution is 6.00. The number of ether oxygens (including phenoxy) is 5. The van der Waals surface area contributed by atoms with Crippen molar-refractivity contribution in [2.24, 2.45) is 0 Å². The molecule has 0 bridgehead atoms. The van der Waals surface area contributed by atoms with Crippen LogP contribution in [0.3, 0.4) is 0 Å². The number of phenolic OH excluding ortho intramolecular Hbond substituents is 1. The summed E-state index contributed by atoms with van der Waals surface area (Å²) in [4.78, 5) is 12.5. The van der Waals surface area contributed by atoms with Gasteiger partial charge in [-0.1, -0.05) is 12.1 Å². The Balaban J connectivity index is 1.31. The molecule has 0 saturated carbocycles. The molecule has 3 aliphatic rings. The standard InChI is InChI=1S/C26H30O13/c27-9-19-20(31)21(32)22(39-25-23(33)26(34,10-28)11-35-25)24(38-19)36-14-4-1-12(2-5-14)17-8-16(30)15-6-3-13(29)7-18(15)37-17/h1-7,17,19-25,27-29,31-34H,8-11H2/t17-,19+,20+,21-,22-,23+,24-,25+,26-/m1/s1. The van der Waals surface area contributed by atoms with Crippen LogP contribution in [0.1, 0.15) is 28.4 Å². The molecular weight excluding hydrogens is 520 g/mol. The first-order valence-corrected chi connectivity index (χ1v) is 12.3. The summed E-state index contributed by atoms with van der Waals surface area (Å²) in [7, 11) is 0. The zero-order chi connectivity index (χ0) is 27.9. The van der Waals surface area contributed by atoms with Gasteiger partial charge in [-0.15, -0.1) is 0 Å². The molecule has 2 aromatic carbocycles. The molecule has 0 unspecified atom stereocenters. The summed E-state index contributed by atoms with van der Waals surface area (Å²) in [6.07, 6.45) is -10.9. The molecule has 0 amide bonds. The fourth-order valence-electron chi connectivity index (χ4n) is 4.75. The molecule has 212 valence electrons. The van der Waals surface area contributed by atoms with Crippen molar-refractivity contribution in [1.29, 1.82) is 0 Å². The normalized spacial score (nSPS) is 36.3. The van der Waals surface area contributed by atoms with Crippen LogP contribution in [0.5, 0.6) is 17.2 Å². The van der Waals surface area contributed by atoms with Crippen LogP contribution >= 0.6 is 0 Å². The average molecular weight is 551 g/mol. The Morgan fingerprint density at radius 1 is 1.00 bits per heavy atom. The molecule has 2 fully saturated rings. The second kappa shape index (κ2) is 11.0. The topological polar surface area (TPSA) is 205 Å². The van der Waals surface area contributed by atoms with Gasteiger partial charge in [0, 0.05) is 6.07 Å². The summed E-state index contributed by atoms with van der Waals surface area (Å²) >= 11 is 0. The third-order valence-corrected chi connectivity index (χ3v) is 7.11. The van der Waals surface area contributed by atoms with E-state index in [4.69, 9.17) is 23.7 Å². The number of carbonyl (C=O) groups is 1. The number of aromatic hydroxyl groups is 1. The van der Waals surface area contributed by atoms with Gasteiger partial charge in [0.2, 0.25) is 6.29 Å². The van der Waals surface area contributed by atoms with Crippen LogP contribution < -0.4 is 9.47 Å². The van der Waals surface area contributed by atoms with Crippen LogP contribution in [0.15, 0.2) is 42.5 Å². The first-order chi connectivity index (χ1) is 18.6. The van der Waals surface area contributed by atoms with Crippen molar-refractivity contribution in [3.05, 3.63) is 53.6 Å². The van der Waals surface area contributed by atoms with Gasteiger partial charge in [0.25, 0.3) is 0 Å². The Hall–Kier alpha value is -2.85. The molecule has 0 radical (unpaired) electrons. The minimum Gasteiger partial charge on any atom is -0.508 e. The molecule has 2 aromatic rings. The van der Waals surface area contributed by atoms with Gasteiger partial charge in [-0.3, -0.25) is 4.79 Å². The molecule has 9 atom stereocenters. The van der Waals surface area contributed by atoms with Crippen molar-refractivity contribution < 1.29 is 64.2 Å². The zero-order valence-corrected chi connectivity index (χ0v) is 20.6. The number of fused-ring (bicyclic) bond motifs is 1. The summed E-state index contributed by atoms with van der Waals surface area (Å²) in [5.74, 6) is 0.348. The second-order valence-electron chi connectivity index (χ2n) is 9.79. The lowest BCUT2D eigenvalue weighted by atomic mass is 9.96. The van der Waals surface area contributed by atoms with E-state index in [0.29, 0.717) is 11.1 Å². The van der Waals surface area contributed by atoms with E-state index < -0.39 is 74.6 Å². The molecule has 2 saturated heterocycles. The van der Waals surface area contributed by atoms with Crippen molar-refractivity contribution in [1.82, 2.24) is 0 Å². The van der Waals surface area contributed by atoms with E-state index in [1.165, 1.54) is 18.2 Å². The Morgan fingerprint density at radius 3 is 2.41 bits per heavy atom. The van der Waals surface area contributed by atoms with Gasteiger partial charge >= 0.3 is 0 Å². The van der Waals surface area contributed by atoms with Crippen LogP contribution in [0, 0.1) is 0 Å². The predicted molar refractivity (Wildman–Crippen MR) is 128 cm³/mol. The van der Waals surface area contributed by atoms with E-state index in [1.54, 1.807) is 24.3 Å². The average Bonchev–Trinajstić information content (AvgIpc) is 3.21. The molecule has 7 N–H and O–H groups in total. The number of phenols is 1. The van der Waals surface area contributed by atoms with Crippen molar-refractivity contribution in [2.75, 3.05) is 19.8 Å². The fourth-order valence-corrected chi connectivity index (χ4v) is 4.75. The number of Topliss-reactive ketones (excluding diaryl/α,β-unsaturated/α-hetero) is 1. The number of rotatable bonds is 7. The minimum absolute atomic E-state index is 0.0275. The molecule has 13 heteroatoms. The molecule has 5 rings (SSSR count). The lowest BCUT2D eigenvalue weighted by Gasteiger charge is -2.42. The predicted octanol–water partition coefficient (Wildman–Crippen LogP) is -1.26. The lowest BCUT2D eigenvalue weighted by Crippen LogP contribution is -2.62. The van der Waals surface area contributed by atoms with Gasteiger partial charge in [-0.25, -0.2) is 0 Å². The van der Waals surface area contributed by atoms with Crippen molar-refractivity contribution in [3.63, 3.8) is 0 Å². The van der Waals surface area contributed by atoms with Crippen LogP contribution in [0.4, 0.5) is 0 Å². The molecule has 0 spiro atoms. The quantitative estimate of drug-likeness (QED) is 0.215. The summed E-state index contributed by atoms with van der Waals surface area (Å²) in [5, 5.41) is 70.3. The number of ketones is 1. The van der Waals surface area contributed by atoms with Gasteiger partial charge in [0.15, 0.2) is 18.2 Å². The number of aliphatic hydroxyl groups excluding tert-OH is 5. The van der Waals surface area contributed by atoms with Gasteiger partial charge in [0.05, 0.1) is 31.8 Å². The first-order valence-electron chi connectivity index (χ1n) is 12.3. The maximum Gasteiger partial charge on any atom is 0.229 e. The molecule has 3 heterocycles. The Kier molecular flexibility index (Phi) is 7.79. The van der Waals surface area contributed by atoms with E-state index in [0.717, 1.165) is 0 Å². The molecule has 13 nitrogen and oxygen atoms in total. The number of carbonyl (C=O) groups excluding carboxylic acids is 1. The van der Waals surface area contributed by atoms with Crippen LogP contribution in [0.25, 0.3) is 0 Å². The van der Waals surface area contributed by atoms with Crippen LogP contribution in [0.2, 0.25) is 0 Å². The fraction of sp³-hybridized carbons (Fsp3) is 0.500. The van der Waals surface area contributed by atoms with Gasteiger partial charge in [-0.2, -0.15) is 0 Å². The lowest BCUT2D eigenvalue weighted by molar-refractivity contribution is -0.318. The Morgan fingerprint density at radius 2 is 1.74 bits per heavy atom. The number of hydrogen-bond acceptors (Lipinski definition) is 13. The summed E-state index contributed by atoms with van der Waals surface area (Å²) in [5.41, 5.74) is -0.945. The maximum absolute atomic E-state index is 12.5. The van der Waals surface area contributed by atoms with Crippen LogP contribution in [-0.2, 0) is 14.2 Å². The van der Waals surface area contributed by atoms with E-state index in [9.17, 15) is 40.5 Å². The second-order valence-corrected chi connectivity index (χ2v) is 9.79. The number of hydrogen-bond donors (Lipinski definition) is 7. The third kappa shape index (κ3) is 5.33. The van der Waals surface area contributed by atoms with Crippen molar-refractivity contribution >= 4 is 5.78 Å². The third-order valence-electron chi connectivity index (χ3n) is 7.11. The van der Waals surface area contributed by atoms with Crippen molar-refractivity contribution in [3.8, 4) is 17.2 Å². The minimum atomic E-state index is -1.98. The van der Waals surface area contributed by atoms with E-state index in [-0.39, 0.29) is 29.5 Å². The van der Waals surface area contributed by atoms with Gasteiger partial charge < -0.3 is 59.4 Å². The molecule has 0 aromatic heterocycles. The monoisotopic (exact) mass is 550 g/mol. The van der Waals surface area contributed by atoms with E-state index >= 15 is 0 Å². The van der Waals surface area contributed by atoms with Crippen LogP contribution in [-0.4, -0.2) is 110 Å². The largest absolute Gasteiger partial charge is 0.508 e.